The van der Waals surface area contributed by atoms with Crippen molar-refractivity contribution in [3.8, 4) is 0 Å². The van der Waals surface area contributed by atoms with Crippen molar-refractivity contribution >= 4 is 5.78 Å². The Morgan fingerprint density at radius 2 is 1.93 bits per heavy atom. The van der Waals surface area contributed by atoms with E-state index in [1.165, 1.54) is 5.56 Å². The first-order valence-corrected chi connectivity index (χ1v) is 5.35. The third kappa shape index (κ3) is 3.17. The van der Waals surface area contributed by atoms with Crippen molar-refractivity contribution in [1.29, 1.82) is 0 Å². The van der Waals surface area contributed by atoms with E-state index in [9.17, 15) is 4.79 Å². The van der Waals surface area contributed by atoms with Crippen molar-refractivity contribution in [2.45, 2.75) is 32.8 Å². The fourth-order valence-electron chi connectivity index (χ4n) is 1.47. The monoisotopic (exact) mass is 206 g/mol. The highest BCUT2D eigenvalue weighted by Crippen LogP contribution is 2.09. The van der Waals surface area contributed by atoms with E-state index >= 15 is 0 Å². The molecule has 0 saturated carbocycles. The molecule has 0 bridgehead atoms. The fourth-order valence-corrected chi connectivity index (χ4v) is 1.47. The molecule has 0 N–H and O–H groups in total. The van der Waals surface area contributed by atoms with Crippen molar-refractivity contribution in [3.05, 3.63) is 35.4 Å². The lowest BCUT2D eigenvalue weighted by Gasteiger charge is -2.08. The van der Waals surface area contributed by atoms with Gasteiger partial charge in [-0.05, 0) is 18.9 Å². The molecular weight excluding hydrogens is 188 g/mol. The van der Waals surface area contributed by atoms with Crippen LogP contribution in [-0.2, 0) is 11.2 Å². The molecule has 0 fully saturated rings. The van der Waals surface area contributed by atoms with Crippen LogP contribution in [0, 0.1) is 0 Å². The Morgan fingerprint density at radius 3 is 2.40 bits per heavy atom. The van der Waals surface area contributed by atoms with Crippen LogP contribution in [0.3, 0.4) is 0 Å². The van der Waals surface area contributed by atoms with Crippen LogP contribution in [0.1, 0.15) is 36.2 Å². The van der Waals surface area contributed by atoms with Crippen LogP contribution >= 0.6 is 0 Å². The molecule has 0 heterocycles. The number of ketones is 1. The molecule has 0 aliphatic rings. The molecule has 2 heteroatoms. The molecule has 1 rings (SSSR count). The first-order valence-electron chi connectivity index (χ1n) is 5.35. The Morgan fingerprint density at radius 1 is 1.33 bits per heavy atom. The van der Waals surface area contributed by atoms with E-state index in [4.69, 9.17) is 4.74 Å². The van der Waals surface area contributed by atoms with Crippen LogP contribution in [-0.4, -0.2) is 19.0 Å². The summed E-state index contributed by atoms with van der Waals surface area (Å²) in [6.45, 7) is 3.91. The van der Waals surface area contributed by atoms with E-state index in [1.54, 1.807) is 14.0 Å². The van der Waals surface area contributed by atoms with E-state index in [0.717, 1.165) is 18.4 Å². The molecule has 0 radical (unpaired) electrons. The summed E-state index contributed by atoms with van der Waals surface area (Å²) in [5.74, 6) is 0.0422. The molecular formula is C13H18O2. The smallest absolute Gasteiger partial charge is 0.191 e. The maximum Gasteiger partial charge on any atom is 0.191 e. The van der Waals surface area contributed by atoms with E-state index in [0.29, 0.717) is 0 Å². The van der Waals surface area contributed by atoms with Crippen molar-refractivity contribution in [1.82, 2.24) is 0 Å². The molecule has 1 aromatic rings. The molecule has 0 aliphatic carbocycles. The largest absolute Gasteiger partial charge is 0.374 e. The minimum absolute atomic E-state index is 0.0422. The highest BCUT2D eigenvalue weighted by atomic mass is 16.5. The van der Waals surface area contributed by atoms with Gasteiger partial charge in [-0.15, -0.1) is 0 Å². The Balaban J connectivity index is 2.75. The number of carbonyl (C=O) groups excluding carboxylic acids is 1. The van der Waals surface area contributed by atoms with E-state index in [1.807, 2.05) is 24.3 Å². The molecule has 0 aromatic heterocycles. The first-order chi connectivity index (χ1) is 7.19. The first kappa shape index (κ1) is 11.9. The SMILES string of the molecule is CCCc1ccc(C(=O)C(C)OC)cc1. The van der Waals surface area contributed by atoms with Crippen LogP contribution in [0.15, 0.2) is 24.3 Å². The minimum atomic E-state index is -0.359. The molecule has 0 spiro atoms. The van der Waals surface area contributed by atoms with Gasteiger partial charge in [0.2, 0.25) is 0 Å². The lowest BCUT2D eigenvalue weighted by atomic mass is 10.0. The maximum absolute atomic E-state index is 11.7. The molecule has 1 unspecified atom stereocenters. The third-order valence-electron chi connectivity index (χ3n) is 2.50. The number of hydrogen-bond donors (Lipinski definition) is 0. The molecule has 1 aromatic carbocycles. The van der Waals surface area contributed by atoms with E-state index in [-0.39, 0.29) is 11.9 Å². The Hall–Kier alpha value is -1.15. The molecule has 0 saturated heterocycles. The van der Waals surface area contributed by atoms with Crippen molar-refractivity contribution < 1.29 is 9.53 Å². The fraction of sp³-hybridized carbons (Fsp3) is 0.462. The predicted octanol–water partition coefficient (Wildman–Crippen LogP) is 2.86. The average molecular weight is 206 g/mol. The van der Waals surface area contributed by atoms with Gasteiger partial charge in [-0.3, -0.25) is 4.79 Å². The quantitative estimate of drug-likeness (QED) is 0.692. The van der Waals surface area contributed by atoms with Gasteiger partial charge in [0, 0.05) is 12.7 Å². The van der Waals surface area contributed by atoms with Gasteiger partial charge in [-0.25, -0.2) is 0 Å². The average Bonchev–Trinajstić information content (AvgIpc) is 2.28. The number of rotatable bonds is 5. The van der Waals surface area contributed by atoms with Gasteiger partial charge in [-0.2, -0.15) is 0 Å². The number of carbonyl (C=O) groups is 1. The van der Waals surface area contributed by atoms with Crippen molar-refractivity contribution in [2.24, 2.45) is 0 Å². The zero-order valence-electron chi connectivity index (χ0n) is 9.62. The summed E-state index contributed by atoms with van der Waals surface area (Å²) < 4.78 is 4.99. The predicted molar refractivity (Wildman–Crippen MR) is 61.2 cm³/mol. The molecule has 0 amide bonds. The molecule has 82 valence electrons. The van der Waals surface area contributed by atoms with Gasteiger partial charge in [-0.1, -0.05) is 37.6 Å². The summed E-state index contributed by atoms with van der Waals surface area (Å²) >= 11 is 0. The summed E-state index contributed by atoms with van der Waals surface area (Å²) in [5, 5.41) is 0. The molecule has 2 nitrogen and oxygen atoms in total. The summed E-state index contributed by atoms with van der Waals surface area (Å²) in [6.07, 6.45) is 1.83. The van der Waals surface area contributed by atoms with Gasteiger partial charge in [0.25, 0.3) is 0 Å². The third-order valence-corrected chi connectivity index (χ3v) is 2.50. The maximum atomic E-state index is 11.7. The van der Waals surface area contributed by atoms with Gasteiger partial charge in [0.15, 0.2) is 5.78 Å². The molecule has 15 heavy (non-hydrogen) atoms. The van der Waals surface area contributed by atoms with Crippen LogP contribution in [0.4, 0.5) is 0 Å². The Bertz CT molecular complexity index is 314. The number of hydrogen-bond acceptors (Lipinski definition) is 2. The summed E-state index contributed by atoms with van der Waals surface area (Å²) in [6, 6.07) is 7.78. The highest BCUT2D eigenvalue weighted by molar-refractivity contribution is 5.99. The van der Waals surface area contributed by atoms with E-state index in [2.05, 4.69) is 6.92 Å². The van der Waals surface area contributed by atoms with Crippen LogP contribution < -0.4 is 0 Å². The number of aryl methyl sites for hydroxylation is 1. The standard InChI is InChI=1S/C13H18O2/c1-4-5-11-6-8-12(9-7-11)13(14)10(2)15-3/h6-10H,4-5H2,1-3H3. The Labute approximate surface area is 91.3 Å². The van der Waals surface area contributed by atoms with E-state index < -0.39 is 0 Å². The summed E-state index contributed by atoms with van der Waals surface area (Å²) in [7, 11) is 1.55. The van der Waals surface area contributed by atoms with Crippen LogP contribution in [0.25, 0.3) is 0 Å². The second kappa shape index (κ2) is 5.66. The van der Waals surface area contributed by atoms with Gasteiger partial charge >= 0.3 is 0 Å². The van der Waals surface area contributed by atoms with Crippen molar-refractivity contribution in [2.75, 3.05) is 7.11 Å². The zero-order valence-corrected chi connectivity index (χ0v) is 9.62. The second-order valence-corrected chi connectivity index (χ2v) is 3.69. The topological polar surface area (TPSA) is 26.3 Å². The minimum Gasteiger partial charge on any atom is -0.374 e. The van der Waals surface area contributed by atoms with Crippen LogP contribution in [0.5, 0.6) is 0 Å². The number of methoxy groups -OCH3 is 1. The van der Waals surface area contributed by atoms with Gasteiger partial charge in [0.05, 0.1) is 0 Å². The second-order valence-electron chi connectivity index (χ2n) is 3.69. The number of benzene rings is 1. The van der Waals surface area contributed by atoms with Crippen LogP contribution in [0.2, 0.25) is 0 Å². The number of Topliss-reactive ketones (excluding diaryl/α,β-unsaturated/α-hetero) is 1. The Kier molecular flexibility index (Phi) is 4.50. The zero-order chi connectivity index (χ0) is 11.3. The lowest BCUT2D eigenvalue weighted by Crippen LogP contribution is -2.18. The summed E-state index contributed by atoms with van der Waals surface area (Å²) in [4.78, 5) is 11.7. The molecule has 0 aliphatic heterocycles. The summed E-state index contributed by atoms with van der Waals surface area (Å²) in [5.41, 5.74) is 2.00. The lowest BCUT2D eigenvalue weighted by molar-refractivity contribution is 0.0655. The highest BCUT2D eigenvalue weighted by Gasteiger charge is 2.13. The van der Waals surface area contributed by atoms with Gasteiger partial charge in [0.1, 0.15) is 6.10 Å². The number of ether oxygens (including phenoxy) is 1. The van der Waals surface area contributed by atoms with Gasteiger partial charge < -0.3 is 4.74 Å². The molecule has 1 atom stereocenters. The normalized spacial score (nSPS) is 12.5. The van der Waals surface area contributed by atoms with Crippen molar-refractivity contribution in [3.63, 3.8) is 0 Å².